The Kier molecular flexibility index (Phi) is 5.15. The van der Waals surface area contributed by atoms with E-state index in [-0.39, 0.29) is 13.2 Å². The van der Waals surface area contributed by atoms with Crippen LogP contribution in [0.3, 0.4) is 0 Å². The van der Waals surface area contributed by atoms with Crippen LogP contribution < -0.4 is 0 Å². The van der Waals surface area contributed by atoms with Crippen LogP contribution >= 0.6 is 0 Å². The van der Waals surface area contributed by atoms with Crippen molar-refractivity contribution < 1.29 is 4.79 Å². The number of benzene rings is 1. The number of allylic oxidation sites excluding steroid dienone is 6. The molecule has 1 aromatic carbocycles. The van der Waals surface area contributed by atoms with Crippen LogP contribution in [0.4, 0.5) is 0 Å². The Hall–Kier alpha value is -1.89. The van der Waals surface area contributed by atoms with Crippen LogP contribution in [-0.2, 0) is 0 Å². The first-order valence-corrected chi connectivity index (χ1v) is 5.47. The highest BCUT2D eigenvalue weighted by Gasteiger charge is 2.03. The third kappa shape index (κ3) is 3.87. The van der Waals surface area contributed by atoms with Crippen LogP contribution in [0.5, 0.6) is 0 Å². The van der Waals surface area contributed by atoms with Gasteiger partial charge in [0.05, 0.1) is 0 Å². The average Bonchev–Trinajstić information content (AvgIpc) is 2.38. The summed E-state index contributed by atoms with van der Waals surface area (Å²) in [7, 11) is 0. The van der Waals surface area contributed by atoms with Crippen molar-refractivity contribution in [1.82, 2.24) is 0 Å². The van der Waals surface area contributed by atoms with Crippen LogP contribution in [-0.4, -0.2) is 5.78 Å². The fourth-order valence-electron chi connectivity index (χ4n) is 1.65. The molecule has 0 aliphatic heterocycles. The van der Waals surface area contributed by atoms with Gasteiger partial charge in [-0.05, 0) is 18.4 Å². The molecular formula is C16H18O. The van der Waals surface area contributed by atoms with Gasteiger partial charge in [-0.15, -0.1) is 0 Å². The maximum absolute atomic E-state index is 11.8. The van der Waals surface area contributed by atoms with Crippen molar-refractivity contribution in [3.05, 3.63) is 72.4 Å². The van der Waals surface area contributed by atoms with Gasteiger partial charge in [0.25, 0.3) is 0 Å². The van der Waals surface area contributed by atoms with E-state index < -0.39 is 0 Å². The first-order chi connectivity index (χ1) is 7.86. The molecule has 17 heavy (non-hydrogen) atoms. The van der Waals surface area contributed by atoms with Crippen molar-refractivity contribution >= 4 is 5.78 Å². The average molecular weight is 226 g/mol. The zero-order chi connectivity index (χ0) is 11.2. The van der Waals surface area contributed by atoms with E-state index in [2.05, 4.69) is 12.2 Å². The number of hydrogen-bond acceptors (Lipinski definition) is 1. The topological polar surface area (TPSA) is 17.1 Å². The van der Waals surface area contributed by atoms with E-state index in [4.69, 9.17) is 0 Å². The van der Waals surface area contributed by atoms with Crippen LogP contribution in [0.25, 0.3) is 0 Å². The molecule has 1 heteroatoms. The molecule has 1 unspecified atom stereocenters. The van der Waals surface area contributed by atoms with Crippen LogP contribution in [0.1, 0.15) is 24.2 Å². The van der Waals surface area contributed by atoms with E-state index in [1.54, 1.807) is 6.08 Å². The number of carbonyl (C=O) groups is 1. The van der Waals surface area contributed by atoms with E-state index in [0.717, 1.165) is 12.0 Å². The first kappa shape index (κ1) is 13.2. The summed E-state index contributed by atoms with van der Waals surface area (Å²) in [5.41, 5.74) is 0.745. The highest BCUT2D eigenvalue weighted by molar-refractivity contribution is 6.04. The van der Waals surface area contributed by atoms with Crippen LogP contribution in [0.15, 0.2) is 66.8 Å². The summed E-state index contributed by atoms with van der Waals surface area (Å²) in [6.07, 6.45) is 12.9. The summed E-state index contributed by atoms with van der Waals surface area (Å²) in [6, 6.07) is 9.34. The van der Waals surface area contributed by atoms with Gasteiger partial charge < -0.3 is 0 Å². The third-order valence-corrected chi connectivity index (χ3v) is 2.57. The summed E-state index contributed by atoms with van der Waals surface area (Å²) in [6.45, 7) is 0. The molecule has 1 aromatic rings. The molecule has 1 aliphatic carbocycles. The highest BCUT2D eigenvalue weighted by atomic mass is 16.1. The molecule has 0 heterocycles. The summed E-state index contributed by atoms with van der Waals surface area (Å²) in [5, 5.41) is 0. The van der Waals surface area contributed by atoms with Gasteiger partial charge in [0, 0.05) is 5.56 Å². The van der Waals surface area contributed by atoms with E-state index in [0.29, 0.717) is 5.92 Å². The van der Waals surface area contributed by atoms with Crippen molar-refractivity contribution in [2.45, 2.75) is 13.8 Å². The minimum atomic E-state index is 0. The SMILES string of the molecule is C.O=C(C=CC1C=CC=CC1)c1ccccc1. The van der Waals surface area contributed by atoms with Gasteiger partial charge in [-0.2, -0.15) is 0 Å². The molecule has 1 aliphatic rings. The van der Waals surface area contributed by atoms with E-state index in [1.165, 1.54) is 0 Å². The van der Waals surface area contributed by atoms with Crippen molar-refractivity contribution in [3.8, 4) is 0 Å². The van der Waals surface area contributed by atoms with Crippen LogP contribution in [0.2, 0.25) is 0 Å². The Morgan fingerprint density at radius 3 is 2.59 bits per heavy atom. The number of carbonyl (C=O) groups excluding carboxylic acids is 1. The number of hydrogen-bond donors (Lipinski definition) is 0. The maximum atomic E-state index is 11.8. The standard InChI is InChI=1S/C15H14O.CH4/c16-15(14-9-5-2-6-10-14)12-11-13-7-3-1-4-8-13;/h1-7,9-13H,8H2;1H4. The lowest BCUT2D eigenvalue weighted by atomic mass is 9.99. The maximum Gasteiger partial charge on any atom is 0.185 e. The summed E-state index contributed by atoms with van der Waals surface area (Å²) in [5.74, 6) is 0.432. The number of rotatable bonds is 3. The molecule has 1 nitrogen and oxygen atoms in total. The van der Waals surface area contributed by atoms with Gasteiger partial charge in [-0.1, -0.05) is 68.1 Å². The molecule has 0 spiro atoms. The van der Waals surface area contributed by atoms with Crippen LogP contribution in [0, 0.1) is 5.92 Å². The Morgan fingerprint density at radius 2 is 1.94 bits per heavy atom. The van der Waals surface area contributed by atoms with E-state index >= 15 is 0 Å². The second-order valence-corrected chi connectivity index (χ2v) is 3.80. The predicted octanol–water partition coefficient (Wildman–Crippen LogP) is 4.19. The Balaban J connectivity index is 0.00000144. The minimum Gasteiger partial charge on any atom is -0.289 e. The van der Waals surface area contributed by atoms with Gasteiger partial charge in [0.15, 0.2) is 5.78 Å². The molecule has 0 aromatic heterocycles. The smallest absolute Gasteiger partial charge is 0.185 e. The molecule has 0 saturated carbocycles. The fraction of sp³-hybridized carbons (Fsp3) is 0.188. The van der Waals surface area contributed by atoms with Gasteiger partial charge in [-0.25, -0.2) is 0 Å². The summed E-state index contributed by atoms with van der Waals surface area (Å²) >= 11 is 0. The lowest BCUT2D eigenvalue weighted by Gasteiger charge is -2.06. The lowest BCUT2D eigenvalue weighted by molar-refractivity contribution is 0.104. The van der Waals surface area contributed by atoms with Crippen molar-refractivity contribution in [2.24, 2.45) is 5.92 Å². The fourth-order valence-corrected chi connectivity index (χ4v) is 1.65. The molecule has 2 rings (SSSR count). The molecule has 0 bridgehead atoms. The number of ketones is 1. The van der Waals surface area contributed by atoms with Crippen molar-refractivity contribution in [3.63, 3.8) is 0 Å². The lowest BCUT2D eigenvalue weighted by Crippen LogP contribution is -1.97. The Bertz CT molecular complexity index is 438. The molecule has 0 amide bonds. The normalized spacial score (nSPS) is 18.0. The van der Waals surface area contributed by atoms with Crippen molar-refractivity contribution in [1.29, 1.82) is 0 Å². The molecule has 1 atom stereocenters. The van der Waals surface area contributed by atoms with E-state index in [9.17, 15) is 4.79 Å². The largest absolute Gasteiger partial charge is 0.289 e. The highest BCUT2D eigenvalue weighted by Crippen LogP contribution is 2.13. The Morgan fingerprint density at radius 1 is 1.18 bits per heavy atom. The minimum absolute atomic E-state index is 0. The van der Waals surface area contributed by atoms with Gasteiger partial charge in [-0.3, -0.25) is 4.79 Å². The van der Waals surface area contributed by atoms with Gasteiger partial charge >= 0.3 is 0 Å². The van der Waals surface area contributed by atoms with E-state index in [1.807, 2.05) is 48.6 Å². The molecule has 0 radical (unpaired) electrons. The van der Waals surface area contributed by atoms with Gasteiger partial charge in [0.1, 0.15) is 0 Å². The summed E-state index contributed by atoms with van der Waals surface area (Å²) in [4.78, 5) is 11.8. The molecule has 0 saturated heterocycles. The molecule has 0 fully saturated rings. The summed E-state index contributed by atoms with van der Waals surface area (Å²) < 4.78 is 0. The zero-order valence-electron chi connectivity index (χ0n) is 9.04. The molecule has 88 valence electrons. The zero-order valence-corrected chi connectivity index (χ0v) is 9.04. The third-order valence-electron chi connectivity index (χ3n) is 2.57. The molecule has 0 N–H and O–H groups in total. The van der Waals surface area contributed by atoms with Gasteiger partial charge in [0.2, 0.25) is 0 Å². The monoisotopic (exact) mass is 226 g/mol. The second kappa shape index (κ2) is 6.64. The second-order valence-electron chi connectivity index (χ2n) is 3.80. The Labute approximate surface area is 103 Å². The quantitative estimate of drug-likeness (QED) is 0.558. The predicted molar refractivity (Wildman–Crippen MR) is 73.0 cm³/mol. The molecular weight excluding hydrogens is 208 g/mol. The first-order valence-electron chi connectivity index (χ1n) is 5.47. The van der Waals surface area contributed by atoms with Crippen molar-refractivity contribution in [2.75, 3.05) is 0 Å².